The van der Waals surface area contributed by atoms with E-state index in [9.17, 15) is 9.59 Å². The van der Waals surface area contributed by atoms with E-state index in [1.807, 2.05) is 30.3 Å². The van der Waals surface area contributed by atoms with E-state index in [1.54, 1.807) is 7.05 Å². The average Bonchev–Trinajstić information content (AvgIpc) is 2.26. The number of hydrogen-bond donors (Lipinski definition) is 1. The van der Waals surface area contributed by atoms with Gasteiger partial charge in [-0.05, 0) is 5.56 Å². The van der Waals surface area contributed by atoms with Crippen LogP contribution in [0.5, 0.6) is 0 Å². The number of carbonyl (C=O) groups is 2. The van der Waals surface area contributed by atoms with Crippen LogP contribution < -0.4 is 5.32 Å². The van der Waals surface area contributed by atoms with Gasteiger partial charge in [0.25, 0.3) is 0 Å². The van der Waals surface area contributed by atoms with Crippen LogP contribution in [0.25, 0.3) is 0 Å². The van der Waals surface area contributed by atoms with Gasteiger partial charge in [-0.1, -0.05) is 30.3 Å². The second-order valence-corrected chi connectivity index (χ2v) is 3.54. The number of nitrogens with one attached hydrogen (secondary N) is 1. The predicted octanol–water partition coefficient (Wildman–Crippen LogP) is 0.316. The molecule has 0 radical (unpaired) electrons. The van der Waals surface area contributed by atoms with Crippen molar-refractivity contribution in [1.29, 1.82) is 0 Å². The Morgan fingerprint density at radius 2 is 1.93 bits per heavy atom. The van der Waals surface area contributed by atoms with E-state index in [-0.39, 0.29) is 18.4 Å². The third kappa shape index (κ3) is 1.70. The summed E-state index contributed by atoms with van der Waals surface area (Å²) < 4.78 is 0. The highest BCUT2D eigenvalue weighted by molar-refractivity contribution is 5.95. The van der Waals surface area contributed by atoms with E-state index in [1.165, 1.54) is 4.90 Å². The van der Waals surface area contributed by atoms with Gasteiger partial charge in [-0.3, -0.25) is 9.59 Å². The maximum absolute atomic E-state index is 11.6. The second kappa shape index (κ2) is 3.73. The zero-order chi connectivity index (χ0) is 10.8. The summed E-state index contributed by atoms with van der Waals surface area (Å²) in [7, 11) is 1.65. The van der Waals surface area contributed by atoms with E-state index in [4.69, 9.17) is 0 Å². The molecule has 1 N–H and O–H groups in total. The molecule has 78 valence electrons. The van der Waals surface area contributed by atoms with Gasteiger partial charge < -0.3 is 10.2 Å². The quantitative estimate of drug-likeness (QED) is 0.716. The number of amides is 2. The Bertz CT molecular complexity index is 389. The third-order valence-electron chi connectivity index (χ3n) is 2.56. The molecule has 4 heteroatoms. The number of carbonyl (C=O) groups excluding carboxylic acids is 2. The van der Waals surface area contributed by atoms with Crippen LogP contribution in [0.4, 0.5) is 0 Å². The van der Waals surface area contributed by atoms with Gasteiger partial charge in [-0.2, -0.15) is 0 Å². The lowest BCUT2D eigenvalue weighted by Gasteiger charge is -2.31. The number of likely N-dealkylation sites (N-methyl/N-ethyl adjacent to an activating group) is 1. The smallest absolute Gasteiger partial charge is 0.247 e. The first-order chi connectivity index (χ1) is 7.20. The Morgan fingerprint density at radius 3 is 2.60 bits per heavy atom. The normalized spacial score (nSPS) is 21.4. The lowest BCUT2D eigenvalue weighted by atomic mass is 10.0. The third-order valence-corrected chi connectivity index (χ3v) is 2.56. The first-order valence-corrected chi connectivity index (χ1v) is 4.78. The van der Waals surface area contributed by atoms with Gasteiger partial charge in [0.2, 0.25) is 11.8 Å². The minimum atomic E-state index is -0.493. The highest BCUT2D eigenvalue weighted by Gasteiger charge is 2.32. The van der Waals surface area contributed by atoms with Crippen molar-refractivity contribution in [2.75, 3.05) is 13.6 Å². The van der Waals surface area contributed by atoms with Gasteiger partial charge in [-0.25, -0.2) is 0 Å². The molecule has 0 aromatic heterocycles. The van der Waals surface area contributed by atoms with Crippen molar-refractivity contribution in [3.63, 3.8) is 0 Å². The summed E-state index contributed by atoms with van der Waals surface area (Å²) >= 11 is 0. The van der Waals surface area contributed by atoms with Gasteiger partial charge in [-0.15, -0.1) is 0 Å². The van der Waals surface area contributed by atoms with Crippen molar-refractivity contribution in [1.82, 2.24) is 10.2 Å². The van der Waals surface area contributed by atoms with Crippen molar-refractivity contribution in [3.8, 4) is 0 Å². The molecular weight excluding hydrogens is 192 g/mol. The Morgan fingerprint density at radius 1 is 1.27 bits per heavy atom. The largest absolute Gasteiger partial charge is 0.345 e. The van der Waals surface area contributed by atoms with E-state index in [0.717, 1.165) is 5.56 Å². The molecule has 0 saturated carbocycles. The summed E-state index contributed by atoms with van der Waals surface area (Å²) in [5.74, 6) is -0.188. The molecule has 1 aromatic carbocycles. The van der Waals surface area contributed by atoms with Crippen LogP contribution in [-0.4, -0.2) is 30.3 Å². The molecule has 4 nitrogen and oxygen atoms in total. The zero-order valence-corrected chi connectivity index (χ0v) is 8.43. The standard InChI is InChI=1S/C11H12N2O2/c1-13-9(14)7-12-11(15)10(13)8-5-3-2-4-6-8/h2-6,10H,7H2,1H3,(H,12,15). The molecule has 1 saturated heterocycles. The molecule has 1 heterocycles. The first-order valence-electron chi connectivity index (χ1n) is 4.78. The van der Waals surface area contributed by atoms with Gasteiger partial charge in [0, 0.05) is 7.05 Å². The number of nitrogens with zero attached hydrogens (tertiary/aromatic N) is 1. The number of benzene rings is 1. The molecular formula is C11H12N2O2. The number of piperazine rings is 1. The van der Waals surface area contributed by atoms with Gasteiger partial charge in [0.1, 0.15) is 6.04 Å². The minimum Gasteiger partial charge on any atom is -0.345 e. The van der Waals surface area contributed by atoms with E-state index in [2.05, 4.69) is 5.32 Å². The van der Waals surface area contributed by atoms with Gasteiger partial charge in [0.15, 0.2) is 0 Å². The maximum Gasteiger partial charge on any atom is 0.247 e. The Kier molecular flexibility index (Phi) is 2.41. The predicted molar refractivity (Wildman–Crippen MR) is 55.0 cm³/mol. The molecule has 1 unspecified atom stereocenters. The molecule has 0 bridgehead atoms. The lowest BCUT2D eigenvalue weighted by Crippen LogP contribution is -2.51. The Hall–Kier alpha value is -1.84. The molecule has 1 aromatic rings. The van der Waals surface area contributed by atoms with Crippen LogP contribution in [0.3, 0.4) is 0 Å². The average molecular weight is 204 g/mol. The molecule has 1 aliphatic heterocycles. The topological polar surface area (TPSA) is 49.4 Å². The summed E-state index contributed by atoms with van der Waals surface area (Å²) in [5.41, 5.74) is 0.838. The van der Waals surface area contributed by atoms with Crippen LogP contribution in [0.1, 0.15) is 11.6 Å². The van der Waals surface area contributed by atoms with E-state index < -0.39 is 6.04 Å². The summed E-state index contributed by atoms with van der Waals surface area (Å²) in [6.45, 7) is 0.0959. The van der Waals surface area contributed by atoms with E-state index in [0.29, 0.717) is 0 Å². The summed E-state index contributed by atoms with van der Waals surface area (Å²) in [6, 6.07) is 8.79. The lowest BCUT2D eigenvalue weighted by molar-refractivity contribution is -0.144. The van der Waals surface area contributed by atoms with Crippen LogP contribution in [0, 0.1) is 0 Å². The fourth-order valence-electron chi connectivity index (χ4n) is 1.71. The van der Waals surface area contributed by atoms with Crippen LogP contribution in [0.15, 0.2) is 30.3 Å². The highest BCUT2D eigenvalue weighted by Crippen LogP contribution is 2.21. The van der Waals surface area contributed by atoms with Crippen molar-refractivity contribution in [2.24, 2.45) is 0 Å². The summed E-state index contributed by atoms with van der Waals surface area (Å²) in [4.78, 5) is 24.6. The molecule has 0 aliphatic carbocycles. The molecule has 1 aliphatic rings. The first kappa shape index (κ1) is 9.71. The van der Waals surface area contributed by atoms with Crippen LogP contribution in [0.2, 0.25) is 0 Å². The van der Waals surface area contributed by atoms with Crippen molar-refractivity contribution < 1.29 is 9.59 Å². The Balaban J connectivity index is 2.33. The zero-order valence-electron chi connectivity index (χ0n) is 8.43. The van der Waals surface area contributed by atoms with Crippen LogP contribution in [-0.2, 0) is 9.59 Å². The molecule has 1 fully saturated rings. The monoisotopic (exact) mass is 204 g/mol. The SMILES string of the molecule is CN1C(=O)CNC(=O)C1c1ccccc1. The Labute approximate surface area is 87.9 Å². The molecule has 0 spiro atoms. The fraction of sp³-hybridized carbons (Fsp3) is 0.273. The maximum atomic E-state index is 11.6. The second-order valence-electron chi connectivity index (χ2n) is 3.54. The molecule has 2 rings (SSSR count). The van der Waals surface area contributed by atoms with E-state index >= 15 is 0 Å². The highest BCUT2D eigenvalue weighted by atomic mass is 16.2. The molecule has 15 heavy (non-hydrogen) atoms. The number of hydrogen-bond acceptors (Lipinski definition) is 2. The van der Waals surface area contributed by atoms with Crippen LogP contribution >= 0.6 is 0 Å². The molecule has 2 amide bonds. The van der Waals surface area contributed by atoms with Gasteiger partial charge in [0.05, 0.1) is 6.54 Å². The summed E-state index contributed by atoms with van der Waals surface area (Å²) in [5, 5.41) is 2.58. The van der Waals surface area contributed by atoms with Crippen molar-refractivity contribution in [2.45, 2.75) is 6.04 Å². The van der Waals surface area contributed by atoms with Crippen molar-refractivity contribution >= 4 is 11.8 Å². The van der Waals surface area contributed by atoms with Crippen molar-refractivity contribution in [3.05, 3.63) is 35.9 Å². The molecule has 1 atom stereocenters. The minimum absolute atomic E-state index is 0.0662. The fourth-order valence-corrected chi connectivity index (χ4v) is 1.71. The van der Waals surface area contributed by atoms with Gasteiger partial charge >= 0.3 is 0 Å². The number of rotatable bonds is 1. The summed E-state index contributed by atoms with van der Waals surface area (Å²) in [6.07, 6.45) is 0.